The van der Waals surface area contributed by atoms with Crippen molar-refractivity contribution in [2.45, 2.75) is 24.6 Å². The normalized spacial score (nSPS) is 22.3. The molecule has 5 nitrogen and oxygen atoms in total. The van der Waals surface area contributed by atoms with Gasteiger partial charge in [0.1, 0.15) is 0 Å². The Kier molecular flexibility index (Phi) is 4.55. The molecule has 1 aromatic heterocycles. The number of carbonyl (C=O) groups is 1. The first-order chi connectivity index (χ1) is 10.5. The van der Waals surface area contributed by atoms with Crippen molar-refractivity contribution in [1.29, 1.82) is 0 Å². The summed E-state index contributed by atoms with van der Waals surface area (Å²) in [4.78, 5) is 15.2. The minimum Gasteiger partial charge on any atom is -0.322 e. The largest absolute Gasteiger partial charge is 0.322 e. The van der Waals surface area contributed by atoms with E-state index in [-0.39, 0.29) is 16.5 Å². The monoisotopic (exact) mass is 360 g/mol. The zero-order valence-electron chi connectivity index (χ0n) is 12.5. The lowest BCUT2D eigenvalue weighted by molar-refractivity contribution is 0.0610. The third-order valence-corrected chi connectivity index (χ3v) is 8.71. The van der Waals surface area contributed by atoms with Gasteiger partial charge < -0.3 is 4.90 Å². The van der Waals surface area contributed by atoms with Gasteiger partial charge in [0.2, 0.25) is 10.0 Å². The zero-order valence-corrected chi connectivity index (χ0v) is 15.0. The SMILES string of the molecule is CCS(=O)(=O)N1CCC2(CC1)SCCN2C(=O)c1cccs1. The summed E-state index contributed by atoms with van der Waals surface area (Å²) in [5, 5.41) is 1.92. The average molecular weight is 361 g/mol. The average Bonchev–Trinajstić information content (AvgIpc) is 3.17. The molecule has 0 bridgehead atoms. The molecule has 122 valence electrons. The summed E-state index contributed by atoms with van der Waals surface area (Å²) >= 11 is 3.27. The van der Waals surface area contributed by atoms with E-state index in [9.17, 15) is 13.2 Å². The molecular weight excluding hydrogens is 340 g/mol. The molecule has 8 heteroatoms. The maximum Gasteiger partial charge on any atom is 0.265 e. The fourth-order valence-electron chi connectivity index (χ4n) is 3.14. The molecular formula is C14H20N2O3S3. The number of thiophene rings is 1. The van der Waals surface area contributed by atoms with E-state index in [0.29, 0.717) is 25.9 Å². The molecule has 1 spiro atoms. The van der Waals surface area contributed by atoms with Crippen molar-refractivity contribution in [2.24, 2.45) is 0 Å². The number of piperidine rings is 1. The highest BCUT2D eigenvalue weighted by Gasteiger charge is 2.47. The summed E-state index contributed by atoms with van der Waals surface area (Å²) in [7, 11) is -3.13. The first kappa shape index (κ1) is 16.3. The predicted molar refractivity (Wildman–Crippen MR) is 90.8 cm³/mol. The van der Waals surface area contributed by atoms with Crippen LogP contribution in [0.25, 0.3) is 0 Å². The van der Waals surface area contributed by atoms with Crippen LogP contribution in [0, 0.1) is 0 Å². The molecule has 0 unspecified atom stereocenters. The van der Waals surface area contributed by atoms with Crippen LogP contribution in [0.3, 0.4) is 0 Å². The van der Waals surface area contributed by atoms with E-state index in [1.165, 1.54) is 11.3 Å². The Morgan fingerprint density at radius 3 is 2.64 bits per heavy atom. The van der Waals surface area contributed by atoms with E-state index in [1.807, 2.05) is 34.2 Å². The highest BCUT2D eigenvalue weighted by atomic mass is 32.2. The summed E-state index contributed by atoms with van der Waals surface area (Å²) in [5.41, 5.74) is 0. The highest BCUT2D eigenvalue weighted by molar-refractivity contribution is 8.00. The van der Waals surface area contributed by atoms with Crippen molar-refractivity contribution in [2.75, 3.05) is 31.1 Å². The van der Waals surface area contributed by atoms with Crippen molar-refractivity contribution in [3.8, 4) is 0 Å². The lowest BCUT2D eigenvalue weighted by Gasteiger charge is -2.43. The molecule has 2 aliphatic heterocycles. The molecule has 22 heavy (non-hydrogen) atoms. The van der Waals surface area contributed by atoms with Gasteiger partial charge >= 0.3 is 0 Å². The van der Waals surface area contributed by atoms with E-state index >= 15 is 0 Å². The third kappa shape index (κ3) is 2.81. The van der Waals surface area contributed by atoms with Gasteiger partial charge in [-0.25, -0.2) is 12.7 Å². The number of hydrogen-bond donors (Lipinski definition) is 0. The second-order valence-electron chi connectivity index (χ2n) is 5.53. The van der Waals surface area contributed by atoms with Crippen molar-refractivity contribution in [3.05, 3.63) is 22.4 Å². The molecule has 3 heterocycles. The van der Waals surface area contributed by atoms with Gasteiger partial charge in [-0.1, -0.05) is 6.07 Å². The van der Waals surface area contributed by atoms with Gasteiger partial charge in [0, 0.05) is 25.4 Å². The summed E-state index contributed by atoms with van der Waals surface area (Å²) in [6.45, 7) is 3.45. The van der Waals surface area contributed by atoms with Crippen LogP contribution in [-0.4, -0.2) is 59.5 Å². The molecule has 2 fully saturated rings. The molecule has 3 rings (SSSR count). The van der Waals surface area contributed by atoms with E-state index in [2.05, 4.69) is 0 Å². The Hall–Kier alpha value is -0.570. The molecule has 2 saturated heterocycles. The summed E-state index contributed by atoms with van der Waals surface area (Å²) in [5.74, 6) is 1.16. The van der Waals surface area contributed by atoms with Gasteiger partial charge in [-0.2, -0.15) is 0 Å². The van der Waals surface area contributed by atoms with Gasteiger partial charge in [0.25, 0.3) is 5.91 Å². The van der Waals surface area contributed by atoms with Gasteiger partial charge in [-0.3, -0.25) is 4.79 Å². The minimum absolute atomic E-state index is 0.0896. The van der Waals surface area contributed by atoms with Crippen LogP contribution in [0.4, 0.5) is 0 Å². The molecule has 1 aromatic rings. The Balaban J connectivity index is 1.75. The standard InChI is InChI=1S/C14H20N2O3S3/c1-2-22(18,19)15-7-5-14(6-8-15)16(9-11-21-14)13(17)12-4-3-10-20-12/h3-4,10H,2,5-9,11H2,1H3. The molecule has 0 atom stereocenters. The van der Waals surface area contributed by atoms with Crippen LogP contribution in [0.1, 0.15) is 29.4 Å². The van der Waals surface area contributed by atoms with Gasteiger partial charge in [-0.15, -0.1) is 23.1 Å². The van der Waals surface area contributed by atoms with Crippen LogP contribution in [0.2, 0.25) is 0 Å². The summed E-state index contributed by atoms with van der Waals surface area (Å²) < 4.78 is 25.6. The lowest BCUT2D eigenvalue weighted by Crippen LogP contribution is -2.53. The van der Waals surface area contributed by atoms with E-state index in [1.54, 1.807) is 11.2 Å². The molecule has 2 aliphatic rings. The Morgan fingerprint density at radius 2 is 2.05 bits per heavy atom. The molecule has 0 saturated carbocycles. The number of hydrogen-bond acceptors (Lipinski definition) is 5. The number of sulfonamides is 1. The van der Waals surface area contributed by atoms with Gasteiger partial charge in [-0.05, 0) is 31.2 Å². The molecule has 0 aliphatic carbocycles. The fraction of sp³-hybridized carbons (Fsp3) is 0.643. The van der Waals surface area contributed by atoms with Crippen molar-refractivity contribution >= 4 is 39.0 Å². The lowest BCUT2D eigenvalue weighted by atomic mass is 10.0. The molecule has 0 aromatic carbocycles. The second-order valence-corrected chi connectivity index (χ2v) is 10.2. The van der Waals surface area contributed by atoms with Crippen molar-refractivity contribution < 1.29 is 13.2 Å². The summed E-state index contributed by atoms with van der Waals surface area (Å²) in [6, 6.07) is 3.75. The van der Waals surface area contributed by atoms with E-state index in [0.717, 1.165) is 17.2 Å². The van der Waals surface area contributed by atoms with Crippen LogP contribution in [0.15, 0.2) is 17.5 Å². The second kappa shape index (κ2) is 6.14. The van der Waals surface area contributed by atoms with Crippen molar-refractivity contribution in [1.82, 2.24) is 9.21 Å². The molecule has 0 radical (unpaired) electrons. The van der Waals surface area contributed by atoms with E-state index in [4.69, 9.17) is 0 Å². The highest BCUT2D eigenvalue weighted by Crippen LogP contribution is 2.45. The maximum absolute atomic E-state index is 12.7. The number of nitrogens with zero attached hydrogens (tertiary/aromatic N) is 2. The molecule has 0 N–H and O–H groups in total. The Labute approximate surface area is 139 Å². The zero-order chi connectivity index (χ0) is 15.8. The van der Waals surface area contributed by atoms with E-state index < -0.39 is 10.0 Å². The number of amides is 1. The van der Waals surface area contributed by atoms with Crippen molar-refractivity contribution in [3.63, 3.8) is 0 Å². The van der Waals surface area contributed by atoms with Crippen LogP contribution < -0.4 is 0 Å². The van der Waals surface area contributed by atoms with Gasteiger partial charge in [0.15, 0.2) is 0 Å². The van der Waals surface area contributed by atoms with Crippen LogP contribution >= 0.6 is 23.1 Å². The molecule has 1 amide bonds. The summed E-state index contributed by atoms with van der Waals surface area (Å²) in [6.07, 6.45) is 1.43. The topological polar surface area (TPSA) is 57.7 Å². The first-order valence-electron chi connectivity index (χ1n) is 7.46. The Bertz CT molecular complexity index is 634. The smallest absolute Gasteiger partial charge is 0.265 e. The number of carbonyl (C=O) groups excluding carboxylic acids is 1. The number of thioether (sulfide) groups is 1. The Morgan fingerprint density at radius 1 is 1.32 bits per heavy atom. The maximum atomic E-state index is 12.7. The van der Waals surface area contributed by atoms with Gasteiger partial charge in [0.05, 0.1) is 15.5 Å². The third-order valence-electron chi connectivity index (χ3n) is 4.42. The number of rotatable bonds is 3. The fourth-order valence-corrected chi connectivity index (χ4v) is 6.37. The quantitative estimate of drug-likeness (QED) is 0.828. The first-order valence-corrected chi connectivity index (χ1v) is 10.9. The predicted octanol–water partition coefficient (Wildman–Crippen LogP) is 2.08. The van der Waals surface area contributed by atoms with Crippen LogP contribution in [0.5, 0.6) is 0 Å². The van der Waals surface area contributed by atoms with Crippen LogP contribution in [-0.2, 0) is 10.0 Å². The minimum atomic E-state index is -3.13.